The van der Waals surface area contributed by atoms with E-state index >= 15 is 0 Å². The fraction of sp³-hybridized carbons (Fsp3) is 0.929. The topological polar surface area (TPSA) is 53.6 Å². The lowest BCUT2D eigenvalue weighted by Crippen LogP contribution is -2.42. The predicted molar refractivity (Wildman–Crippen MR) is 84.5 cm³/mol. The first-order valence-corrected chi connectivity index (χ1v) is 7.47. The molecule has 0 aromatic heterocycles. The van der Waals surface area contributed by atoms with Crippen molar-refractivity contribution in [3.05, 3.63) is 0 Å². The van der Waals surface area contributed by atoms with E-state index in [1.165, 1.54) is 19.3 Å². The van der Waals surface area contributed by atoms with Crippen LogP contribution in [0.4, 0.5) is 0 Å². The molecule has 0 aromatic rings. The van der Waals surface area contributed by atoms with E-state index in [1.807, 2.05) is 14.0 Å². The monoisotopic (exact) mass is 307 g/mol. The Kier molecular flexibility index (Phi) is 12.2. The maximum absolute atomic E-state index is 11.7. The zero-order valence-electron chi connectivity index (χ0n) is 12.8. The van der Waals surface area contributed by atoms with Gasteiger partial charge in [-0.25, -0.2) is 0 Å². The minimum Gasteiger partial charge on any atom is -0.380 e. The second-order valence-electron chi connectivity index (χ2n) is 5.16. The summed E-state index contributed by atoms with van der Waals surface area (Å²) in [7, 11) is 2.00. The van der Waals surface area contributed by atoms with Crippen LogP contribution in [0.1, 0.15) is 26.2 Å². The van der Waals surface area contributed by atoms with Crippen LogP contribution in [0, 0.1) is 5.92 Å². The maximum atomic E-state index is 11.7. The summed E-state index contributed by atoms with van der Waals surface area (Å²) in [5.41, 5.74) is 0. The summed E-state index contributed by atoms with van der Waals surface area (Å²) in [4.78, 5) is 14.0. The van der Waals surface area contributed by atoms with Gasteiger partial charge in [-0.15, -0.1) is 12.4 Å². The van der Waals surface area contributed by atoms with Gasteiger partial charge in [0.2, 0.25) is 5.91 Å². The van der Waals surface area contributed by atoms with Crippen LogP contribution in [0.15, 0.2) is 0 Å². The highest BCUT2D eigenvalue weighted by atomic mass is 35.5. The Bertz CT molecular complexity index is 247. The number of nitrogens with zero attached hydrogens (tertiary/aromatic N) is 1. The molecule has 1 heterocycles. The van der Waals surface area contributed by atoms with Gasteiger partial charge in [0.1, 0.15) is 0 Å². The van der Waals surface area contributed by atoms with Crippen LogP contribution in [0.25, 0.3) is 0 Å². The number of piperidine rings is 1. The molecule has 0 radical (unpaired) electrons. The molecule has 1 aliphatic rings. The Morgan fingerprint density at radius 3 is 2.60 bits per heavy atom. The lowest BCUT2D eigenvalue weighted by Gasteiger charge is -2.31. The van der Waals surface area contributed by atoms with E-state index in [-0.39, 0.29) is 18.3 Å². The lowest BCUT2D eigenvalue weighted by atomic mass is 9.93. The first-order valence-electron chi connectivity index (χ1n) is 7.47. The van der Waals surface area contributed by atoms with Crippen LogP contribution in [0.5, 0.6) is 0 Å². The fourth-order valence-electron chi connectivity index (χ4n) is 2.45. The van der Waals surface area contributed by atoms with E-state index in [9.17, 15) is 4.79 Å². The summed E-state index contributed by atoms with van der Waals surface area (Å²) in [5, 5.41) is 6.10. The van der Waals surface area contributed by atoms with E-state index in [4.69, 9.17) is 4.74 Å². The molecule has 120 valence electrons. The number of rotatable bonds is 9. The van der Waals surface area contributed by atoms with Crippen molar-refractivity contribution in [3.8, 4) is 0 Å². The van der Waals surface area contributed by atoms with E-state index in [0.29, 0.717) is 26.3 Å². The minimum absolute atomic E-state index is 0. The van der Waals surface area contributed by atoms with Gasteiger partial charge in [0.05, 0.1) is 13.2 Å². The maximum Gasteiger partial charge on any atom is 0.234 e. The summed E-state index contributed by atoms with van der Waals surface area (Å²) in [5.74, 6) is 0.943. The Balaban J connectivity index is 0.00000361. The minimum atomic E-state index is 0. The fourth-order valence-corrected chi connectivity index (χ4v) is 2.45. The van der Waals surface area contributed by atoms with Crippen molar-refractivity contribution in [2.24, 2.45) is 5.92 Å². The molecule has 0 aromatic carbocycles. The molecule has 1 saturated heterocycles. The number of carbonyl (C=O) groups is 1. The van der Waals surface area contributed by atoms with Crippen molar-refractivity contribution in [2.45, 2.75) is 26.2 Å². The molecule has 1 fully saturated rings. The highest BCUT2D eigenvalue weighted by molar-refractivity contribution is 5.85. The van der Waals surface area contributed by atoms with Gasteiger partial charge in [0.15, 0.2) is 0 Å². The predicted octanol–water partition coefficient (Wildman–Crippen LogP) is 0.882. The van der Waals surface area contributed by atoms with Gasteiger partial charge in [-0.3, -0.25) is 9.69 Å². The van der Waals surface area contributed by atoms with Crippen LogP contribution in [0.3, 0.4) is 0 Å². The molecule has 20 heavy (non-hydrogen) atoms. The summed E-state index contributed by atoms with van der Waals surface area (Å²) >= 11 is 0. The van der Waals surface area contributed by atoms with Gasteiger partial charge in [0, 0.05) is 13.2 Å². The van der Waals surface area contributed by atoms with Crippen molar-refractivity contribution >= 4 is 18.3 Å². The van der Waals surface area contributed by atoms with E-state index in [2.05, 4.69) is 15.5 Å². The molecule has 0 saturated carbocycles. The van der Waals surface area contributed by atoms with Gasteiger partial charge in [-0.05, 0) is 58.8 Å². The Morgan fingerprint density at radius 1 is 1.30 bits per heavy atom. The average Bonchev–Trinajstić information content (AvgIpc) is 2.43. The first-order chi connectivity index (χ1) is 9.26. The largest absolute Gasteiger partial charge is 0.380 e. The lowest BCUT2D eigenvalue weighted by molar-refractivity contribution is -0.122. The highest BCUT2D eigenvalue weighted by Gasteiger charge is 2.20. The van der Waals surface area contributed by atoms with Gasteiger partial charge in [-0.2, -0.15) is 0 Å². The normalized spacial score (nSPS) is 16.7. The SMILES string of the molecule is CCOCCNC(=O)CN1CCC(CCNC)CC1.Cl. The van der Waals surface area contributed by atoms with Crippen molar-refractivity contribution in [1.82, 2.24) is 15.5 Å². The average molecular weight is 308 g/mol. The highest BCUT2D eigenvalue weighted by Crippen LogP contribution is 2.19. The Labute approximate surface area is 129 Å². The van der Waals surface area contributed by atoms with Gasteiger partial charge < -0.3 is 15.4 Å². The third kappa shape index (κ3) is 8.74. The number of ether oxygens (including phenoxy) is 1. The van der Waals surface area contributed by atoms with Crippen molar-refractivity contribution in [2.75, 3.05) is 53.0 Å². The number of nitrogens with one attached hydrogen (secondary N) is 2. The summed E-state index contributed by atoms with van der Waals surface area (Å²) in [6.07, 6.45) is 3.69. The zero-order chi connectivity index (χ0) is 13.9. The zero-order valence-corrected chi connectivity index (χ0v) is 13.6. The molecule has 2 N–H and O–H groups in total. The number of likely N-dealkylation sites (tertiary alicyclic amines) is 1. The molecule has 6 heteroatoms. The molecule has 1 rings (SSSR count). The van der Waals surface area contributed by atoms with E-state index in [0.717, 1.165) is 25.6 Å². The first kappa shape index (κ1) is 19.6. The second-order valence-corrected chi connectivity index (χ2v) is 5.16. The molecular formula is C14H30ClN3O2. The number of hydrogen-bond donors (Lipinski definition) is 2. The summed E-state index contributed by atoms with van der Waals surface area (Å²) in [6, 6.07) is 0. The van der Waals surface area contributed by atoms with Crippen LogP contribution >= 0.6 is 12.4 Å². The third-order valence-electron chi connectivity index (χ3n) is 3.65. The standard InChI is InChI=1S/C14H29N3O2.ClH/c1-3-19-11-8-16-14(18)12-17-9-5-13(6-10-17)4-7-15-2;/h13,15H,3-12H2,1-2H3,(H,16,18);1H. The number of hydrogen-bond acceptors (Lipinski definition) is 4. The van der Waals surface area contributed by atoms with Crippen LogP contribution in [0.2, 0.25) is 0 Å². The van der Waals surface area contributed by atoms with E-state index < -0.39 is 0 Å². The van der Waals surface area contributed by atoms with Crippen LogP contribution < -0.4 is 10.6 Å². The number of halogens is 1. The molecule has 1 amide bonds. The summed E-state index contributed by atoms with van der Waals surface area (Å²) < 4.78 is 5.19. The summed E-state index contributed by atoms with van der Waals surface area (Å²) in [6.45, 7) is 7.61. The quantitative estimate of drug-likeness (QED) is 0.621. The van der Waals surface area contributed by atoms with E-state index in [1.54, 1.807) is 0 Å². The molecule has 0 unspecified atom stereocenters. The Morgan fingerprint density at radius 2 is 2.00 bits per heavy atom. The molecule has 0 atom stereocenters. The van der Waals surface area contributed by atoms with Gasteiger partial charge >= 0.3 is 0 Å². The van der Waals surface area contributed by atoms with Gasteiger partial charge in [0.25, 0.3) is 0 Å². The van der Waals surface area contributed by atoms with Crippen molar-refractivity contribution in [3.63, 3.8) is 0 Å². The molecule has 1 aliphatic heterocycles. The molecule has 0 aliphatic carbocycles. The van der Waals surface area contributed by atoms with Crippen LogP contribution in [-0.4, -0.2) is 63.8 Å². The Hall–Kier alpha value is -0.360. The number of carbonyl (C=O) groups excluding carboxylic acids is 1. The molecular weight excluding hydrogens is 278 g/mol. The molecule has 0 spiro atoms. The molecule has 5 nitrogen and oxygen atoms in total. The van der Waals surface area contributed by atoms with Crippen molar-refractivity contribution < 1.29 is 9.53 Å². The molecule has 0 bridgehead atoms. The third-order valence-corrected chi connectivity index (χ3v) is 3.65. The van der Waals surface area contributed by atoms with Crippen LogP contribution in [-0.2, 0) is 9.53 Å². The second kappa shape index (κ2) is 12.4. The van der Waals surface area contributed by atoms with Crippen molar-refractivity contribution in [1.29, 1.82) is 0 Å². The van der Waals surface area contributed by atoms with Gasteiger partial charge in [-0.1, -0.05) is 0 Å². The smallest absolute Gasteiger partial charge is 0.234 e. The number of amides is 1.